The number of ether oxygens (including phenoxy) is 1. The molecule has 20 heavy (non-hydrogen) atoms. The minimum Gasteiger partial charge on any atom is -0.480 e. The summed E-state index contributed by atoms with van der Waals surface area (Å²) >= 11 is 0. The molecular weight excluding hydrogens is 260 g/mol. The number of benzene rings is 1. The maximum Gasteiger partial charge on any atom is 0.326 e. The average molecular weight is 278 g/mol. The molecule has 2 rings (SSSR count). The van der Waals surface area contributed by atoms with Crippen molar-refractivity contribution in [1.82, 2.24) is 4.90 Å². The van der Waals surface area contributed by atoms with E-state index in [0.717, 1.165) is 5.56 Å². The number of anilines is 1. The van der Waals surface area contributed by atoms with E-state index in [4.69, 9.17) is 4.74 Å². The van der Waals surface area contributed by atoms with Gasteiger partial charge in [0.25, 0.3) is 0 Å². The second-order valence-electron chi connectivity index (χ2n) is 4.90. The second kappa shape index (κ2) is 5.92. The van der Waals surface area contributed by atoms with E-state index in [0.29, 0.717) is 12.1 Å². The number of carboxylic acids is 1. The number of likely N-dealkylation sites (tertiary alicyclic amines) is 1. The highest BCUT2D eigenvalue weighted by atomic mass is 16.5. The predicted molar refractivity (Wildman–Crippen MR) is 73.7 cm³/mol. The molecule has 0 aliphatic carbocycles. The van der Waals surface area contributed by atoms with E-state index in [-0.39, 0.29) is 12.6 Å². The molecule has 6 nitrogen and oxygen atoms in total. The number of aliphatic carboxylic acids is 1. The lowest BCUT2D eigenvalue weighted by atomic mass is 10.2. The quantitative estimate of drug-likeness (QED) is 0.882. The number of hydrogen-bond acceptors (Lipinski definition) is 3. The van der Waals surface area contributed by atoms with Gasteiger partial charge in [0.2, 0.25) is 0 Å². The highest BCUT2D eigenvalue weighted by Crippen LogP contribution is 2.21. The van der Waals surface area contributed by atoms with Crippen LogP contribution in [0.15, 0.2) is 24.3 Å². The minimum atomic E-state index is -1.01. The lowest BCUT2D eigenvalue weighted by Gasteiger charge is -2.21. The van der Waals surface area contributed by atoms with E-state index >= 15 is 0 Å². The van der Waals surface area contributed by atoms with Crippen molar-refractivity contribution in [1.29, 1.82) is 0 Å². The van der Waals surface area contributed by atoms with Crippen LogP contribution < -0.4 is 5.32 Å². The summed E-state index contributed by atoms with van der Waals surface area (Å²) in [5.74, 6) is -1.01. The fraction of sp³-hybridized carbons (Fsp3) is 0.429. The Morgan fingerprint density at radius 3 is 2.80 bits per heavy atom. The van der Waals surface area contributed by atoms with E-state index in [1.807, 2.05) is 25.1 Å². The van der Waals surface area contributed by atoms with E-state index < -0.39 is 18.0 Å². The Balaban J connectivity index is 2.09. The largest absolute Gasteiger partial charge is 0.480 e. The zero-order valence-corrected chi connectivity index (χ0v) is 11.5. The third-order valence-electron chi connectivity index (χ3n) is 3.41. The van der Waals surface area contributed by atoms with Crippen LogP contribution in [0.1, 0.15) is 12.0 Å². The summed E-state index contributed by atoms with van der Waals surface area (Å²) in [6.07, 6.45) is 0.0759. The van der Waals surface area contributed by atoms with E-state index in [1.54, 1.807) is 6.07 Å². The maximum atomic E-state index is 12.2. The fourth-order valence-corrected chi connectivity index (χ4v) is 2.34. The molecule has 0 aromatic heterocycles. The molecule has 6 heteroatoms. The number of carboxylic acid groups (broad SMARTS) is 1. The smallest absolute Gasteiger partial charge is 0.326 e. The van der Waals surface area contributed by atoms with Crippen LogP contribution in [-0.4, -0.2) is 47.8 Å². The number of aryl methyl sites for hydroxylation is 1. The van der Waals surface area contributed by atoms with Gasteiger partial charge in [-0.3, -0.25) is 0 Å². The number of amides is 2. The molecule has 1 aromatic rings. The summed E-state index contributed by atoms with van der Waals surface area (Å²) in [5.41, 5.74) is 1.67. The zero-order valence-electron chi connectivity index (χ0n) is 11.5. The highest BCUT2D eigenvalue weighted by molar-refractivity contribution is 5.92. The van der Waals surface area contributed by atoms with Gasteiger partial charge in [-0.1, -0.05) is 12.1 Å². The molecule has 2 atom stereocenters. The van der Waals surface area contributed by atoms with Crippen molar-refractivity contribution in [2.45, 2.75) is 25.5 Å². The number of methoxy groups -OCH3 is 1. The van der Waals surface area contributed by atoms with Crippen LogP contribution in [0.25, 0.3) is 0 Å². The summed E-state index contributed by atoms with van der Waals surface area (Å²) in [6.45, 7) is 2.21. The number of carbonyl (C=O) groups excluding carboxylic acids is 1. The van der Waals surface area contributed by atoms with Crippen LogP contribution in [0.2, 0.25) is 0 Å². The Morgan fingerprint density at radius 1 is 1.45 bits per heavy atom. The van der Waals surface area contributed by atoms with E-state index in [1.165, 1.54) is 12.0 Å². The van der Waals surface area contributed by atoms with Crippen molar-refractivity contribution in [2.24, 2.45) is 0 Å². The van der Waals surface area contributed by atoms with Crippen molar-refractivity contribution < 1.29 is 19.4 Å². The third kappa shape index (κ3) is 3.08. The summed E-state index contributed by atoms with van der Waals surface area (Å²) < 4.78 is 5.16. The second-order valence-corrected chi connectivity index (χ2v) is 4.90. The van der Waals surface area contributed by atoms with Crippen LogP contribution >= 0.6 is 0 Å². The molecule has 2 unspecified atom stereocenters. The fourth-order valence-electron chi connectivity index (χ4n) is 2.34. The average Bonchev–Trinajstić information content (AvgIpc) is 2.83. The molecule has 0 bridgehead atoms. The number of carbonyl (C=O) groups is 2. The topological polar surface area (TPSA) is 78.9 Å². The zero-order chi connectivity index (χ0) is 14.7. The first-order valence-electron chi connectivity index (χ1n) is 6.41. The molecule has 0 radical (unpaired) electrons. The normalized spacial score (nSPS) is 21.8. The van der Waals surface area contributed by atoms with Gasteiger partial charge in [0, 0.05) is 25.8 Å². The standard InChI is InChI=1S/C14H18N2O4/c1-9-4-3-5-10(6-9)15-14(19)16-8-11(20-2)7-12(16)13(17)18/h3-6,11-12H,7-8H2,1-2H3,(H,15,19)(H,17,18). The van der Waals surface area contributed by atoms with Gasteiger partial charge < -0.3 is 20.1 Å². The van der Waals surface area contributed by atoms with Crippen molar-refractivity contribution in [3.63, 3.8) is 0 Å². The Labute approximate surface area is 117 Å². The van der Waals surface area contributed by atoms with Crippen LogP contribution in [0.3, 0.4) is 0 Å². The van der Waals surface area contributed by atoms with Crippen molar-refractivity contribution >= 4 is 17.7 Å². The van der Waals surface area contributed by atoms with Gasteiger partial charge in [-0.25, -0.2) is 9.59 Å². The molecular formula is C14H18N2O4. The van der Waals surface area contributed by atoms with Gasteiger partial charge in [-0.2, -0.15) is 0 Å². The number of urea groups is 1. The highest BCUT2D eigenvalue weighted by Gasteiger charge is 2.39. The van der Waals surface area contributed by atoms with Crippen LogP contribution in [0.5, 0.6) is 0 Å². The van der Waals surface area contributed by atoms with Crippen LogP contribution in [0.4, 0.5) is 10.5 Å². The molecule has 2 N–H and O–H groups in total. The Bertz CT molecular complexity index is 518. The number of nitrogens with zero attached hydrogens (tertiary/aromatic N) is 1. The summed E-state index contributed by atoms with van der Waals surface area (Å²) in [7, 11) is 1.52. The summed E-state index contributed by atoms with van der Waals surface area (Å²) in [6, 6.07) is 6.10. The number of nitrogens with one attached hydrogen (secondary N) is 1. The molecule has 0 spiro atoms. The number of hydrogen-bond donors (Lipinski definition) is 2. The molecule has 1 aliphatic rings. The Hall–Kier alpha value is -2.08. The SMILES string of the molecule is COC1CC(C(=O)O)N(C(=O)Nc2cccc(C)c2)C1. The third-order valence-corrected chi connectivity index (χ3v) is 3.41. The maximum absolute atomic E-state index is 12.2. The lowest BCUT2D eigenvalue weighted by molar-refractivity contribution is -0.141. The molecule has 1 aromatic carbocycles. The van der Waals surface area contributed by atoms with E-state index in [9.17, 15) is 14.7 Å². The van der Waals surface area contributed by atoms with Gasteiger partial charge in [0.15, 0.2) is 0 Å². The molecule has 1 heterocycles. The van der Waals surface area contributed by atoms with Crippen molar-refractivity contribution in [2.75, 3.05) is 19.0 Å². The van der Waals surface area contributed by atoms with Crippen molar-refractivity contribution in [3.8, 4) is 0 Å². The summed E-state index contributed by atoms with van der Waals surface area (Å²) in [5, 5.41) is 11.9. The number of rotatable bonds is 3. The molecule has 1 fully saturated rings. The Kier molecular flexibility index (Phi) is 4.24. The predicted octanol–water partition coefficient (Wildman–Crippen LogP) is 1.70. The van der Waals surface area contributed by atoms with Gasteiger partial charge in [0.1, 0.15) is 6.04 Å². The first-order chi connectivity index (χ1) is 9.51. The monoisotopic (exact) mass is 278 g/mol. The Morgan fingerprint density at radius 2 is 2.20 bits per heavy atom. The molecule has 108 valence electrons. The van der Waals surface area contributed by atoms with E-state index in [2.05, 4.69) is 5.32 Å². The van der Waals surface area contributed by atoms with Gasteiger partial charge in [-0.15, -0.1) is 0 Å². The lowest BCUT2D eigenvalue weighted by Crippen LogP contribution is -2.43. The van der Waals surface area contributed by atoms with Gasteiger partial charge in [-0.05, 0) is 24.6 Å². The van der Waals surface area contributed by atoms with Crippen molar-refractivity contribution in [3.05, 3.63) is 29.8 Å². The van der Waals surface area contributed by atoms with Crippen LogP contribution in [-0.2, 0) is 9.53 Å². The first kappa shape index (κ1) is 14.3. The molecule has 2 amide bonds. The molecule has 1 saturated heterocycles. The summed E-state index contributed by atoms with van der Waals surface area (Å²) in [4.78, 5) is 24.7. The molecule has 0 saturated carbocycles. The minimum absolute atomic E-state index is 0.237. The van der Waals surface area contributed by atoms with Crippen LogP contribution in [0, 0.1) is 6.92 Å². The van der Waals surface area contributed by atoms with Gasteiger partial charge >= 0.3 is 12.0 Å². The van der Waals surface area contributed by atoms with Gasteiger partial charge in [0.05, 0.1) is 6.10 Å². The molecule has 1 aliphatic heterocycles. The first-order valence-corrected chi connectivity index (χ1v) is 6.41.